The van der Waals surface area contributed by atoms with Crippen molar-refractivity contribution in [2.45, 2.75) is 25.9 Å². The van der Waals surface area contributed by atoms with Crippen molar-refractivity contribution < 1.29 is 4.57 Å². The fraction of sp³-hybridized carbons (Fsp3) is 1.00. The summed E-state index contributed by atoms with van der Waals surface area (Å²) in [5.41, 5.74) is 0. The zero-order valence-corrected chi connectivity index (χ0v) is 7.66. The molecule has 0 aromatic carbocycles. The van der Waals surface area contributed by atoms with Gasteiger partial charge in [-0.2, -0.15) is 0 Å². The Hall–Kier alpha value is 0.150. The second-order valence-electron chi connectivity index (χ2n) is 3.60. The molecule has 0 amide bonds. The lowest BCUT2D eigenvalue weighted by atomic mass is 10.3. The van der Waals surface area contributed by atoms with Gasteiger partial charge in [0.15, 0.2) is 0 Å². The Morgan fingerprint density at radius 1 is 1.20 bits per heavy atom. The van der Waals surface area contributed by atoms with E-state index in [9.17, 15) is 4.57 Å². The van der Waals surface area contributed by atoms with Crippen LogP contribution in [-0.4, -0.2) is 18.2 Å². The second kappa shape index (κ2) is 2.33. The molecule has 1 heterocycles. The zero-order valence-electron chi connectivity index (χ0n) is 6.77. The molecule has 0 spiro atoms. The van der Waals surface area contributed by atoms with Gasteiger partial charge < -0.3 is 0 Å². The molecule has 1 aliphatic rings. The third kappa shape index (κ3) is 1.26. The van der Waals surface area contributed by atoms with Crippen LogP contribution < -0.4 is 10.2 Å². The summed E-state index contributed by atoms with van der Waals surface area (Å²) in [5, 5.41) is 5.89. The SMILES string of the molecule is CC(C)(C)P1(=O)NCCN1. The van der Waals surface area contributed by atoms with Crippen molar-refractivity contribution in [2.75, 3.05) is 13.1 Å². The molecule has 1 saturated heterocycles. The molecule has 0 bridgehead atoms. The molecular formula is C6H15N2OP. The van der Waals surface area contributed by atoms with E-state index >= 15 is 0 Å². The average Bonchev–Trinajstić information content (AvgIpc) is 2.13. The van der Waals surface area contributed by atoms with Crippen LogP contribution in [0, 0.1) is 0 Å². The zero-order chi connectivity index (χ0) is 7.83. The summed E-state index contributed by atoms with van der Waals surface area (Å²) in [6.07, 6.45) is 0. The number of rotatable bonds is 0. The van der Waals surface area contributed by atoms with Gasteiger partial charge in [0.25, 0.3) is 0 Å². The highest BCUT2D eigenvalue weighted by atomic mass is 31.2. The fourth-order valence-electron chi connectivity index (χ4n) is 0.957. The van der Waals surface area contributed by atoms with Gasteiger partial charge in [-0.25, -0.2) is 0 Å². The van der Waals surface area contributed by atoms with E-state index in [2.05, 4.69) is 10.2 Å². The molecule has 0 aliphatic carbocycles. The van der Waals surface area contributed by atoms with E-state index in [1.54, 1.807) is 0 Å². The third-order valence-corrected chi connectivity index (χ3v) is 4.97. The molecule has 10 heavy (non-hydrogen) atoms. The molecule has 60 valence electrons. The summed E-state index contributed by atoms with van der Waals surface area (Å²) in [4.78, 5) is 0. The van der Waals surface area contributed by atoms with Gasteiger partial charge in [0.2, 0.25) is 7.44 Å². The molecule has 4 heteroatoms. The van der Waals surface area contributed by atoms with Crippen molar-refractivity contribution in [2.24, 2.45) is 0 Å². The van der Waals surface area contributed by atoms with Crippen LogP contribution in [0.5, 0.6) is 0 Å². The molecule has 2 N–H and O–H groups in total. The normalized spacial score (nSPS) is 25.1. The Morgan fingerprint density at radius 2 is 1.60 bits per heavy atom. The smallest absolute Gasteiger partial charge is 0.216 e. The van der Waals surface area contributed by atoms with Crippen molar-refractivity contribution >= 4 is 7.44 Å². The minimum atomic E-state index is -2.25. The van der Waals surface area contributed by atoms with E-state index in [4.69, 9.17) is 0 Å². The minimum Gasteiger partial charge on any atom is -0.289 e. The summed E-state index contributed by atoms with van der Waals surface area (Å²) in [6.45, 7) is 7.61. The number of nitrogens with one attached hydrogen (secondary N) is 2. The maximum Gasteiger partial charge on any atom is 0.216 e. The lowest BCUT2D eigenvalue weighted by Crippen LogP contribution is -2.26. The Labute approximate surface area is 62.1 Å². The van der Waals surface area contributed by atoms with E-state index < -0.39 is 7.44 Å². The maximum absolute atomic E-state index is 11.8. The predicted octanol–water partition coefficient (Wildman–Crippen LogP) is 1.17. The molecule has 1 aliphatic heterocycles. The molecule has 0 atom stereocenters. The Morgan fingerprint density at radius 3 is 1.80 bits per heavy atom. The molecular weight excluding hydrogens is 147 g/mol. The van der Waals surface area contributed by atoms with Crippen LogP contribution in [0.1, 0.15) is 20.8 Å². The van der Waals surface area contributed by atoms with E-state index in [1.165, 1.54) is 0 Å². The molecule has 0 aromatic rings. The summed E-state index contributed by atoms with van der Waals surface area (Å²) >= 11 is 0. The number of hydrogen-bond donors (Lipinski definition) is 2. The van der Waals surface area contributed by atoms with Gasteiger partial charge in [0, 0.05) is 18.2 Å². The van der Waals surface area contributed by atoms with Gasteiger partial charge in [0.1, 0.15) is 0 Å². The van der Waals surface area contributed by atoms with E-state index in [-0.39, 0.29) is 5.16 Å². The van der Waals surface area contributed by atoms with Crippen LogP contribution in [0.2, 0.25) is 0 Å². The summed E-state index contributed by atoms with van der Waals surface area (Å²) in [5.74, 6) is 0. The maximum atomic E-state index is 11.8. The second-order valence-corrected chi connectivity index (χ2v) is 6.79. The van der Waals surface area contributed by atoms with Crippen LogP contribution in [0.3, 0.4) is 0 Å². The first-order valence-corrected chi connectivity index (χ1v) is 5.27. The van der Waals surface area contributed by atoms with Crippen molar-refractivity contribution in [3.05, 3.63) is 0 Å². The molecule has 0 aromatic heterocycles. The molecule has 1 fully saturated rings. The predicted molar refractivity (Wildman–Crippen MR) is 43.4 cm³/mol. The van der Waals surface area contributed by atoms with Gasteiger partial charge in [-0.3, -0.25) is 14.7 Å². The van der Waals surface area contributed by atoms with Crippen molar-refractivity contribution in [1.82, 2.24) is 10.2 Å². The number of hydrogen-bond acceptors (Lipinski definition) is 1. The van der Waals surface area contributed by atoms with Crippen molar-refractivity contribution in [3.8, 4) is 0 Å². The van der Waals surface area contributed by atoms with Crippen molar-refractivity contribution in [3.63, 3.8) is 0 Å². The highest BCUT2D eigenvalue weighted by Gasteiger charge is 2.38. The van der Waals surface area contributed by atoms with E-state index in [0.717, 1.165) is 13.1 Å². The molecule has 3 nitrogen and oxygen atoms in total. The van der Waals surface area contributed by atoms with E-state index in [0.29, 0.717) is 0 Å². The Balaban J connectivity index is 2.78. The van der Waals surface area contributed by atoms with Crippen LogP contribution in [0.4, 0.5) is 0 Å². The Kier molecular flexibility index (Phi) is 1.92. The standard InChI is InChI=1S/C6H15N2OP/c1-6(2,3)10(9)7-4-5-8-10/h4-5H2,1-3H3,(H2,7,8,9). The van der Waals surface area contributed by atoms with Gasteiger partial charge >= 0.3 is 0 Å². The Bertz CT molecular complexity index is 163. The van der Waals surface area contributed by atoms with Crippen LogP contribution in [0.25, 0.3) is 0 Å². The average molecular weight is 162 g/mol. The van der Waals surface area contributed by atoms with Crippen LogP contribution >= 0.6 is 7.44 Å². The molecule has 1 rings (SSSR count). The van der Waals surface area contributed by atoms with Gasteiger partial charge in [-0.15, -0.1) is 0 Å². The highest BCUT2D eigenvalue weighted by molar-refractivity contribution is 7.61. The third-order valence-electron chi connectivity index (χ3n) is 1.74. The quantitative estimate of drug-likeness (QED) is 0.525. The largest absolute Gasteiger partial charge is 0.289 e. The minimum absolute atomic E-state index is 0.149. The van der Waals surface area contributed by atoms with Gasteiger partial charge in [0.05, 0.1) is 0 Å². The molecule has 0 unspecified atom stereocenters. The van der Waals surface area contributed by atoms with E-state index in [1.807, 2.05) is 20.8 Å². The molecule has 0 saturated carbocycles. The first kappa shape index (κ1) is 8.25. The van der Waals surface area contributed by atoms with Gasteiger partial charge in [-0.1, -0.05) is 20.8 Å². The molecule has 0 radical (unpaired) electrons. The fourth-order valence-corrected chi connectivity index (χ4v) is 2.87. The van der Waals surface area contributed by atoms with Gasteiger partial charge in [-0.05, 0) is 0 Å². The lowest BCUT2D eigenvalue weighted by molar-refractivity contribution is 0.538. The lowest BCUT2D eigenvalue weighted by Gasteiger charge is -2.26. The summed E-state index contributed by atoms with van der Waals surface area (Å²) in [7, 11) is -2.25. The first-order valence-electron chi connectivity index (χ1n) is 3.56. The van der Waals surface area contributed by atoms with Crippen molar-refractivity contribution in [1.29, 1.82) is 0 Å². The first-order chi connectivity index (χ1) is 4.46. The highest BCUT2D eigenvalue weighted by Crippen LogP contribution is 2.51. The summed E-state index contributed by atoms with van der Waals surface area (Å²) < 4.78 is 11.8. The topological polar surface area (TPSA) is 41.1 Å². The monoisotopic (exact) mass is 162 g/mol. The van der Waals surface area contributed by atoms with Crippen LogP contribution in [-0.2, 0) is 4.57 Å². The van der Waals surface area contributed by atoms with Crippen LogP contribution in [0.15, 0.2) is 0 Å². The summed E-state index contributed by atoms with van der Waals surface area (Å²) in [6, 6.07) is 0.